The molecule has 1 fully saturated rings. The molecule has 1 heterocycles. The number of hydrogen-bond acceptors (Lipinski definition) is 3. The van der Waals surface area contributed by atoms with Gasteiger partial charge in [-0.05, 0) is 47.0 Å². The summed E-state index contributed by atoms with van der Waals surface area (Å²) in [6.45, 7) is 5.57. The molecular formula is C15H16BrNO4. The summed E-state index contributed by atoms with van der Waals surface area (Å²) in [6, 6.07) is 4.29. The average Bonchev–Trinajstić information content (AvgIpc) is 2.62. The van der Waals surface area contributed by atoms with Gasteiger partial charge in [0.05, 0.1) is 16.7 Å². The summed E-state index contributed by atoms with van der Waals surface area (Å²) < 4.78 is 0.516. The summed E-state index contributed by atoms with van der Waals surface area (Å²) in [4.78, 5) is 37.1. The Morgan fingerprint density at radius 1 is 1.38 bits per heavy atom. The Balaban J connectivity index is 2.52. The monoisotopic (exact) mass is 353 g/mol. The molecule has 2 amide bonds. The molecule has 1 saturated heterocycles. The van der Waals surface area contributed by atoms with Gasteiger partial charge in [-0.1, -0.05) is 13.8 Å². The van der Waals surface area contributed by atoms with Crippen molar-refractivity contribution in [3.8, 4) is 0 Å². The number of rotatable bonds is 3. The van der Waals surface area contributed by atoms with E-state index < -0.39 is 11.4 Å². The summed E-state index contributed by atoms with van der Waals surface area (Å²) in [6.07, 6.45) is 0.132. The highest BCUT2D eigenvalue weighted by Crippen LogP contribution is 2.43. The van der Waals surface area contributed by atoms with Crippen molar-refractivity contribution in [1.82, 2.24) is 0 Å². The predicted molar refractivity (Wildman–Crippen MR) is 81.2 cm³/mol. The van der Waals surface area contributed by atoms with Gasteiger partial charge in [0, 0.05) is 10.9 Å². The number of carbonyl (C=O) groups excluding carboxylic acids is 2. The van der Waals surface area contributed by atoms with Crippen LogP contribution < -0.4 is 4.90 Å². The number of imide groups is 1. The molecule has 0 bridgehead atoms. The Hall–Kier alpha value is -1.69. The second-order valence-corrected chi connectivity index (χ2v) is 6.61. The van der Waals surface area contributed by atoms with Gasteiger partial charge in [-0.2, -0.15) is 0 Å². The minimum Gasteiger partial charge on any atom is -0.478 e. The molecule has 5 nitrogen and oxygen atoms in total. The van der Waals surface area contributed by atoms with Crippen molar-refractivity contribution in [2.24, 2.45) is 11.3 Å². The van der Waals surface area contributed by atoms with Gasteiger partial charge in [0.25, 0.3) is 0 Å². The maximum Gasteiger partial charge on any atom is 0.335 e. The van der Waals surface area contributed by atoms with Crippen LogP contribution >= 0.6 is 15.9 Å². The highest BCUT2D eigenvalue weighted by atomic mass is 79.9. The zero-order valence-corrected chi connectivity index (χ0v) is 13.6. The lowest BCUT2D eigenvalue weighted by molar-refractivity contribution is -0.126. The number of carbonyl (C=O) groups is 3. The molecule has 2 rings (SSSR count). The quantitative estimate of drug-likeness (QED) is 0.847. The Kier molecular flexibility index (Phi) is 3.93. The summed E-state index contributed by atoms with van der Waals surface area (Å²) in [5.41, 5.74) is -0.434. The molecule has 0 aliphatic carbocycles. The standard InChI is InChI=1S/C15H16BrNO4/c1-8(2)15(3)7-12(18)17(14(15)21)11-6-9(13(19)20)4-5-10(11)16/h4-6,8H,7H2,1-3H3,(H,19,20). The van der Waals surface area contributed by atoms with Crippen LogP contribution in [-0.4, -0.2) is 22.9 Å². The molecule has 1 atom stereocenters. The number of nitrogens with zero attached hydrogens (tertiary/aromatic N) is 1. The van der Waals surface area contributed by atoms with Gasteiger partial charge in [0.1, 0.15) is 0 Å². The molecule has 0 aromatic heterocycles. The third-order valence-electron chi connectivity index (χ3n) is 4.17. The lowest BCUT2D eigenvalue weighted by Crippen LogP contribution is -2.37. The van der Waals surface area contributed by atoms with E-state index in [1.807, 2.05) is 13.8 Å². The number of carboxylic acid groups (broad SMARTS) is 1. The normalized spacial score (nSPS) is 22.2. The third-order valence-corrected chi connectivity index (χ3v) is 4.84. The zero-order chi connectivity index (χ0) is 15.9. The van der Waals surface area contributed by atoms with Crippen molar-refractivity contribution >= 4 is 39.4 Å². The van der Waals surface area contributed by atoms with E-state index in [1.165, 1.54) is 18.2 Å². The van der Waals surface area contributed by atoms with Gasteiger partial charge in [-0.25, -0.2) is 9.69 Å². The van der Waals surface area contributed by atoms with Crippen molar-refractivity contribution in [2.45, 2.75) is 27.2 Å². The molecule has 1 aromatic rings. The largest absolute Gasteiger partial charge is 0.478 e. The number of carboxylic acids is 1. The highest BCUT2D eigenvalue weighted by molar-refractivity contribution is 9.10. The smallest absolute Gasteiger partial charge is 0.335 e. The number of amides is 2. The number of aromatic carboxylic acids is 1. The second-order valence-electron chi connectivity index (χ2n) is 5.75. The fraction of sp³-hybridized carbons (Fsp3) is 0.400. The van der Waals surface area contributed by atoms with E-state index in [0.29, 0.717) is 4.47 Å². The minimum absolute atomic E-state index is 0.0142. The van der Waals surface area contributed by atoms with Crippen molar-refractivity contribution in [2.75, 3.05) is 4.90 Å². The van der Waals surface area contributed by atoms with E-state index in [0.717, 1.165) is 4.90 Å². The molecular weight excluding hydrogens is 338 g/mol. The summed E-state index contributed by atoms with van der Waals surface area (Å²) >= 11 is 3.28. The van der Waals surface area contributed by atoms with Crippen molar-refractivity contribution < 1.29 is 19.5 Å². The van der Waals surface area contributed by atoms with Crippen LogP contribution in [0.15, 0.2) is 22.7 Å². The van der Waals surface area contributed by atoms with Crippen molar-refractivity contribution in [3.63, 3.8) is 0 Å². The lowest BCUT2D eigenvalue weighted by Gasteiger charge is -2.26. The predicted octanol–water partition coefficient (Wildman–Crippen LogP) is 3.07. The van der Waals surface area contributed by atoms with Gasteiger partial charge in [0.15, 0.2) is 0 Å². The second kappa shape index (κ2) is 5.26. The van der Waals surface area contributed by atoms with Gasteiger partial charge in [-0.15, -0.1) is 0 Å². The minimum atomic E-state index is -1.10. The van der Waals surface area contributed by atoms with Crippen LogP contribution in [0.5, 0.6) is 0 Å². The zero-order valence-electron chi connectivity index (χ0n) is 12.0. The molecule has 1 unspecified atom stereocenters. The Morgan fingerprint density at radius 3 is 2.48 bits per heavy atom. The molecule has 1 aliphatic heterocycles. The van der Waals surface area contributed by atoms with Crippen LogP contribution in [0.3, 0.4) is 0 Å². The summed E-state index contributed by atoms with van der Waals surface area (Å²) in [5.74, 6) is -1.68. The van der Waals surface area contributed by atoms with E-state index in [2.05, 4.69) is 15.9 Å². The summed E-state index contributed by atoms with van der Waals surface area (Å²) in [5, 5.41) is 9.06. The Bertz CT molecular complexity index is 641. The Morgan fingerprint density at radius 2 is 2.00 bits per heavy atom. The third kappa shape index (κ3) is 2.48. The number of anilines is 1. The van der Waals surface area contributed by atoms with Crippen molar-refractivity contribution in [1.29, 1.82) is 0 Å². The number of hydrogen-bond donors (Lipinski definition) is 1. The summed E-state index contributed by atoms with van der Waals surface area (Å²) in [7, 11) is 0. The van der Waals surface area contributed by atoms with Crippen molar-refractivity contribution in [3.05, 3.63) is 28.2 Å². The van der Waals surface area contributed by atoms with E-state index >= 15 is 0 Å². The van der Waals surface area contributed by atoms with E-state index in [1.54, 1.807) is 6.92 Å². The van der Waals surface area contributed by atoms with Crippen LogP contribution in [0.2, 0.25) is 0 Å². The van der Waals surface area contributed by atoms with Crippen LogP contribution in [0.4, 0.5) is 5.69 Å². The molecule has 21 heavy (non-hydrogen) atoms. The number of benzene rings is 1. The molecule has 0 radical (unpaired) electrons. The SMILES string of the molecule is CC(C)C1(C)CC(=O)N(c2cc(C(=O)O)ccc2Br)C1=O. The molecule has 0 spiro atoms. The fourth-order valence-electron chi connectivity index (χ4n) is 2.35. The molecule has 112 valence electrons. The maximum absolute atomic E-state index is 12.6. The molecule has 1 N–H and O–H groups in total. The fourth-order valence-corrected chi connectivity index (χ4v) is 2.77. The van der Waals surface area contributed by atoms with Crippen LogP contribution in [0.1, 0.15) is 37.6 Å². The highest BCUT2D eigenvalue weighted by Gasteiger charge is 2.51. The van der Waals surface area contributed by atoms with E-state index in [4.69, 9.17) is 5.11 Å². The first-order valence-corrected chi connectivity index (χ1v) is 7.38. The van der Waals surface area contributed by atoms with E-state index in [9.17, 15) is 14.4 Å². The van der Waals surface area contributed by atoms with Crippen LogP contribution in [0.25, 0.3) is 0 Å². The van der Waals surface area contributed by atoms with Crippen LogP contribution in [-0.2, 0) is 9.59 Å². The first-order chi connectivity index (χ1) is 9.68. The first kappa shape index (κ1) is 15.7. The maximum atomic E-state index is 12.6. The topological polar surface area (TPSA) is 74.7 Å². The molecule has 1 aliphatic rings. The van der Waals surface area contributed by atoms with Gasteiger partial charge >= 0.3 is 5.97 Å². The van der Waals surface area contributed by atoms with Gasteiger partial charge in [-0.3, -0.25) is 9.59 Å². The molecule has 0 saturated carbocycles. The van der Waals surface area contributed by atoms with Gasteiger partial charge < -0.3 is 5.11 Å². The Labute approximate surface area is 131 Å². The first-order valence-electron chi connectivity index (χ1n) is 6.58. The van der Waals surface area contributed by atoms with Crippen LogP contribution in [0, 0.1) is 11.3 Å². The number of halogens is 1. The molecule has 1 aromatic carbocycles. The molecule has 6 heteroatoms. The lowest BCUT2D eigenvalue weighted by atomic mass is 9.78. The van der Waals surface area contributed by atoms with Gasteiger partial charge in [0.2, 0.25) is 11.8 Å². The average molecular weight is 354 g/mol. The van der Waals surface area contributed by atoms with E-state index in [-0.39, 0.29) is 35.4 Å².